The van der Waals surface area contributed by atoms with Crippen LogP contribution in [0, 0.1) is 5.41 Å². The normalized spacial score (nSPS) is 23.8. The number of likely N-dealkylation sites (tertiary alicyclic amines) is 2. The van der Waals surface area contributed by atoms with E-state index in [0.717, 1.165) is 44.3 Å². The fraction of sp³-hybridized carbons (Fsp3) is 0.600. The number of benzene rings is 1. The Bertz CT molecular complexity index is 604. The standard InChI is InChI=1S/C20H28N2O3/c1-2-13-25-19(24)21-12-6-10-20(15-21)11-9-18(23)22(16-20)14-17-7-4-3-5-8-17/h3-5,7-8H,2,6,9-16H2,1H3. The maximum atomic E-state index is 12.4. The highest BCUT2D eigenvalue weighted by molar-refractivity contribution is 5.77. The molecule has 0 aliphatic carbocycles. The van der Waals surface area contributed by atoms with Gasteiger partial charge in [0.25, 0.3) is 0 Å². The van der Waals surface area contributed by atoms with E-state index in [2.05, 4.69) is 12.1 Å². The van der Waals surface area contributed by atoms with Crippen molar-refractivity contribution < 1.29 is 14.3 Å². The lowest BCUT2D eigenvalue weighted by Gasteiger charge is -2.47. The molecule has 0 radical (unpaired) electrons. The van der Waals surface area contributed by atoms with E-state index in [1.807, 2.05) is 34.9 Å². The van der Waals surface area contributed by atoms with E-state index in [9.17, 15) is 9.59 Å². The summed E-state index contributed by atoms with van der Waals surface area (Å²) in [6.45, 7) is 5.32. The van der Waals surface area contributed by atoms with Crippen molar-refractivity contribution >= 4 is 12.0 Å². The molecule has 2 fully saturated rings. The summed E-state index contributed by atoms with van der Waals surface area (Å²) >= 11 is 0. The first-order valence-corrected chi connectivity index (χ1v) is 9.35. The highest BCUT2D eigenvalue weighted by Gasteiger charge is 2.43. The first kappa shape index (κ1) is 17.8. The van der Waals surface area contributed by atoms with Crippen LogP contribution in [0.5, 0.6) is 0 Å². The highest BCUT2D eigenvalue weighted by Crippen LogP contribution is 2.39. The quantitative estimate of drug-likeness (QED) is 0.841. The predicted octanol–water partition coefficient (Wildman–Crippen LogP) is 3.44. The Kier molecular flexibility index (Phi) is 5.61. The Morgan fingerprint density at radius 1 is 1.20 bits per heavy atom. The fourth-order valence-electron chi connectivity index (χ4n) is 4.03. The third kappa shape index (κ3) is 4.33. The maximum absolute atomic E-state index is 12.4. The average molecular weight is 344 g/mol. The second-order valence-corrected chi connectivity index (χ2v) is 7.37. The lowest BCUT2D eigenvalue weighted by atomic mass is 9.73. The van der Waals surface area contributed by atoms with Gasteiger partial charge in [0.05, 0.1) is 6.61 Å². The van der Waals surface area contributed by atoms with Crippen LogP contribution in [0.4, 0.5) is 4.79 Å². The summed E-state index contributed by atoms with van der Waals surface area (Å²) < 4.78 is 5.31. The molecule has 2 amide bonds. The molecule has 1 aromatic rings. The van der Waals surface area contributed by atoms with Crippen LogP contribution in [0.25, 0.3) is 0 Å². The fourth-order valence-corrected chi connectivity index (χ4v) is 4.03. The van der Waals surface area contributed by atoms with Crippen molar-refractivity contribution in [2.24, 2.45) is 5.41 Å². The van der Waals surface area contributed by atoms with E-state index in [1.165, 1.54) is 0 Å². The summed E-state index contributed by atoms with van der Waals surface area (Å²) in [6, 6.07) is 10.1. The minimum atomic E-state index is -0.201. The molecule has 25 heavy (non-hydrogen) atoms. The number of hydrogen-bond acceptors (Lipinski definition) is 3. The number of rotatable bonds is 4. The number of ether oxygens (including phenoxy) is 1. The predicted molar refractivity (Wildman–Crippen MR) is 96.0 cm³/mol. The van der Waals surface area contributed by atoms with Gasteiger partial charge >= 0.3 is 6.09 Å². The summed E-state index contributed by atoms with van der Waals surface area (Å²) in [4.78, 5) is 28.5. The molecule has 0 bridgehead atoms. The molecule has 1 aromatic carbocycles. The third-order valence-corrected chi connectivity index (χ3v) is 5.31. The molecule has 1 atom stereocenters. The van der Waals surface area contributed by atoms with Gasteiger partial charge < -0.3 is 14.5 Å². The molecule has 1 unspecified atom stereocenters. The second-order valence-electron chi connectivity index (χ2n) is 7.37. The molecule has 2 aliphatic rings. The summed E-state index contributed by atoms with van der Waals surface area (Å²) in [5, 5.41) is 0. The SMILES string of the molecule is CCCOC(=O)N1CCCC2(CCC(=O)N(Cc3ccccc3)C2)C1. The highest BCUT2D eigenvalue weighted by atomic mass is 16.6. The topological polar surface area (TPSA) is 49.9 Å². The number of piperidine rings is 2. The van der Waals surface area contributed by atoms with Gasteiger partial charge in [0.15, 0.2) is 0 Å². The van der Waals surface area contributed by atoms with Crippen molar-refractivity contribution in [2.75, 3.05) is 26.2 Å². The van der Waals surface area contributed by atoms with Crippen molar-refractivity contribution in [2.45, 2.75) is 45.6 Å². The van der Waals surface area contributed by atoms with Crippen LogP contribution >= 0.6 is 0 Å². The Morgan fingerprint density at radius 2 is 2.00 bits per heavy atom. The van der Waals surface area contributed by atoms with Crippen molar-refractivity contribution in [3.63, 3.8) is 0 Å². The summed E-state index contributed by atoms with van der Waals surface area (Å²) in [7, 11) is 0. The van der Waals surface area contributed by atoms with Crippen LogP contribution in [0.2, 0.25) is 0 Å². The summed E-state index contributed by atoms with van der Waals surface area (Å²) in [5.41, 5.74) is 1.18. The second kappa shape index (κ2) is 7.89. The van der Waals surface area contributed by atoms with Crippen molar-refractivity contribution in [3.8, 4) is 0 Å². The van der Waals surface area contributed by atoms with Gasteiger partial charge in [-0.25, -0.2) is 4.79 Å². The summed E-state index contributed by atoms with van der Waals surface area (Å²) in [6.07, 6.45) is 4.13. The molecule has 5 nitrogen and oxygen atoms in total. The van der Waals surface area contributed by atoms with Gasteiger partial charge in [-0.2, -0.15) is 0 Å². The van der Waals surface area contributed by atoms with E-state index in [0.29, 0.717) is 26.1 Å². The molecule has 2 heterocycles. The zero-order valence-electron chi connectivity index (χ0n) is 15.1. The van der Waals surface area contributed by atoms with Crippen LogP contribution in [0.15, 0.2) is 30.3 Å². The van der Waals surface area contributed by atoms with E-state index in [-0.39, 0.29) is 17.4 Å². The van der Waals surface area contributed by atoms with Gasteiger partial charge in [0.2, 0.25) is 5.91 Å². The number of carbonyl (C=O) groups excluding carboxylic acids is 2. The van der Waals surface area contributed by atoms with E-state index < -0.39 is 0 Å². The zero-order chi connectivity index (χ0) is 17.7. The van der Waals surface area contributed by atoms with Crippen molar-refractivity contribution in [1.29, 1.82) is 0 Å². The van der Waals surface area contributed by atoms with Crippen LogP contribution < -0.4 is 0 Å². The minimum absolute atomic E-state index is 0.0200. The molecule has 1 spiro atoms. The first-order chi connectivity index (χ1) is 12.1. The molecule has 2 aliphatic heterocycles. The Hall–Kier alpha value is -2.04. The summed E-state index contributed by atoms with van der Waals surface area (Å²) in [5.74, 6) is 0.222. The van der Waals surface area contributed by atoms with Gasteiger partial charge in [-0.05, 0) is 31.2 Å². The monoisotopic (exact) mass is 344 g/mol. The van der Waals surface area contributed by atoms with Gasteiger partial charge in [-0.1, -0.05) is 37.3 Å². The Morgan fingerprint density at radius 3 is 2.76 bits per heavy atom. The number of nitrogens with zero attached hydrogens (tertiary/aromatic N) is 2. The largest absolute Gasteiger partial charge is 0.449 e. The molecule has 0 saturated carbocycles. The molecule has 2 saturated heterocycles. The van der Waals surface area contributed by atoms with Gasteiger partial charge in [-0.3, -0.25) is 4.79 Å². The Labute approximate surface area is 149 Å². The zero-order valence-corrected chi connectivity index (χ0v) is 15.1. The molecular formula is C20H28N2O3. The molecule has 136 valence electrons. The molecule has 3 rings (SSSR count). The number of hydrogen-bond donors (Lipinski definition) is 0. The van der Waals surface area contributed by atoms with Gasteiger partial charge in [-0.15, -0.1) is 0 Å². The number of carbonyl (C=O) groups is 2. The molecule has 5 heteroatoms. The van der Waals surface area contributed by atoms with Crippen LogP contribution in [-0.2, 0) is 16.1 Å². The Balaban J connectivity index is 1.66. The average Bonchev–Trinajstić information content (AvgIpc) is 2.64. The van der Waals surface area contributed by atoms with E-state index in [1.54, 1.807) is 0 Å². The number of amides is 2. The lowest BCUT2D eigenvalue weighted by Crippen LogP contribution is -2.54. The smallest absolute Gasteiger partial charge is 0.409 e. The van der Waals surface area contributed by atoms with Crippen molar-refractivity contribution in [3.05, 3.63) is 35.9 Å². The van der Waals surface area contributed by atoms with Gasteiger partial charge in [0, 0.05) is 38.0 Å². The maximum Gasteiger partial charge on any atom is 0.409 e. The van der Waals surface area contributed by atoms with Crippen LogP contribution in [-0.4, -0.2) is 48.0 Å². The van der Waals surface area contributed by atoms with Crippen molar-refractivity contribution in [1.82, 2.24) is 9.80 Å². The lowest BCUT2D eigenvalue weighted by molar-refractivity contribution is -0.139. The molecule has 0 aromatic heterocycles. The van der Waals surface area contributed by atoms with E-state index >= 15 is 0 Å². The molecular weight excluding hydrogens is 316 g/mol. The first-order valence-electron chi connectivity index (χ1n) is 9.35. The van der Waals surface area contributed by atoms with Gasteiger partial charge in [0.1, 0.15) is 0 Å². The molecule has 0 N–H and O–H groups in total. The van der Waals surface area contributed by atoms with Crippen LogP contribution in [0.1, 0.15) is 44.6 Å². The third-order valence-electron chi connectivity index (χ3n) is 5.31. The van der Waals surface area contributed by atoms with Crippen LogP contribution in [0.3, 0.4) is 0 Å². The van der Waals surface area contributed by atoms with E-state index in [4.69, 9.17) is 4.74 Å². The minimum Gasteiger partial charge on any atom is -0.449 e.